The highest BCUT2D eigenvalue weighted by molar-refractivity contribution is 4.92. The third-order valence-electron chi connectivity index (χ3n) is 6.00. The molecule has 1 unspecified atom stereocenters. The van der Waals surface area contributed by atoms with E-state index in [9.17, 15) is 0 Å². The van der Waals surface area contributed by atoms with Crippen LogP contribution < -0.4 is 5.73 Å². The first kappa shape index (κ1) is 32.4. The van der Waals surface area contributed by atoms with Crippen LogP contribution in [-0.2, 0) is 9.47 Å². The van der Waals surface area contributed by atoms with E-state index in [1.807, 2.05) is 6.92 Å². The molecule has 0 rings (SSSR count). The summed E-state index contributed by atoms with van der Waals surface area (Å²) in [6.07, 6.45) is 32.3. The van der Waals surface area contributed by atoms with Crippen LogP contribution in [0.25, 0.3) is 0 Å². The van der Waals surface area contributed by atoms with Crippen LogP contribution in [0, 0.1) is 0 Å². The van der Waals surface area contributed by atoms with Gasteiger partial charge in [0.2, 0.25) is 0 Å². The molecule has 0 aliphatic heterocycles. The first-order valence-corrected chi connectivity index (χ1v) is 14.4. The molecule has 3 nitrogen and oxygen atoms in total. The van der Waals surface area contributed by atoms with Crippen LogP contribution in [0.5, 0.6) is 0 Å². The van der Waals surface area contributed by atoms with Crippen LogP contribution in [0.2, 0.25) is 0 Å². The first-order chi connectivity index (χ1) is 16.1. The molecule has 0 aliphatic rings. The van der Waals surface area contributed by atoms with E-state index < -0.39 is 0 Å². The lowest BCUT2D eigenvalue weighted by Crippen LogP contribution is -2.46. The number of unbranched alkanes of at least 4 members (excludes halogenated alkanes) is 14. The maximum absolute atomic E-state index is 6.31. The summed E-state index contributed by atoms with van der Waals surface area (Å²) in [4.78, 5) is 0. The summed E-state index contributed by atoms with van der Waals surface area (Å²) in [6, 6.07) is 0. The molecular weight excluding hydrogens is 406 g/mol. The number of rotatable bonds is 26. The molecule has 0 spiro atoms. The number of nitrogens with two attached hydrogens (primary N) is 1. The van der Waals surface area contributed by atoms with Crippen LogP contribution in [-0.4, -0.2) is 32.0 Å². The molecule has 1 atom stereocenters. The topological polar surface area (TPSA) is 44.5 Å². The summed E-state index contributed by atoms with van der Waals surface area (Å²) in [7, 11) is 0. The predicted octanol–water partition coefficient (Wildman–Crippen LogP) is 8.91. The van der Waals surface area contributed by atoms with Gasteiger partial charge in [0, 0.05) is 13.2 Å². The summed E-state index contributed by atoms with van der Waals surface area (Å²) in [5.41, 5.74) is 5.94. The fraction of sp³-hybridized carbons (Fsp3) is 0.867. The largest absolute Gasteiger partial charge is 0.379 e. The van der Waals surface area contributed by atoms with Crippen molar-refractivity contribution in [1.82, 2.24) is 0 Å². The first-order valence-electron chi connectivity index (χ1n) is 14.4. The molecule has 0 heterocycles. The van der Waals surface area contributed by atoms with E-state index in [4.69, 9.17) is 15.2 Å². The monoisotopic (exact) mass is 465 g/mol. The Balaban J connectivity index is 3.35. The van der Waals surface area contributed by atoms with E-state index in [0.29, 0.717) is 13.2 Å². The molecule has 0 aliphatic carbocycles. The van der Waals surface area contributed by atoms with Gasteiger partial charge in [0.15, 0.2) is 0 Å². The van der Waals surface area contributed by atoms with Crippen molar-refractivity contribution in [3.8, 4) is 0 Å². The minimum atomic E-state index is -0.374. The number of hydrogen-bond donors (Lipinski definition) is 1. The molecule has 0 aromatic rings. The van der Waals surface area contributed by atoms with E-state index in [-0.39, 0.29) is 5.54 Å². The molecule has 0 aromatic heterocycles. The van der Waals surface area contributed by atoms with Crippen molar-refractivity contribution in [2.45, 2.75) is 142 Å². The Morgan fingerprint density at radius 2 is 0.939 bits per heavy atom. The Morgan fingerprint density at radius 1 is 0.545 bits per heavy atom. The highest BCUT2D eigenvalue weighted by Gasteiger charge is 2.18. The molecule has 2 N–H and O–H groups in total. The van der Waals surface area contributed by atoms with Crippen molar-refractivity contribution in [1.29, 1.82) is 0 Å². The van der Waals surface area contributed by atoms with Gasteiger partial charge in [-0.05, 0) is 51.9 Å². The average molecular weight is 466 g/mol. The van der Waals surface area contributed by atoms with E-state index >= 15 is 0 Å². The lowest BCUT2D eigenvalue weighted by atomic mass is 10.1. The Kier molecular flexibility index (Phi) is 25.5. The van der Waals surface area contributed by atoms with Gasteiger partial charge in [-0.25, -0.2) is 0 Å². The third kappa shape index (κ3) is 27.5. The fourth-order valence-corrected chi connectivity index (χ4v) is 3.83. The maximum Gasteiger partial charge on any atom is 0.0666 e. The van der Waals surface area contributed by atoms with Gasteiger partial charge in [-0.15, -0.1) is 0 Å². The minimum Gasteiger partial charge on any atom is -0.379 e. The zero-order valence-corrected chi connectivity index (χ0v) is 22.8. The second-order valence-electron chi connectivity index (χ2n) is 10.1. The molecular formula is C30H59NO2. The van der Waals surface area contributed by atoms with Crippen molar-refractivity contribution in [2.24, 2.45) is 5.73 Å². The summed E-state index contributed by atoms with van der Waals surface area (Å²) in [5.74, 6) is 0. The van der Waals surface area contributed by atoms with Crippen LogP contribution in [0.4, 0.5) is 0 Å². The predicted molar refractivity (Wildman–Crippen MR) is 147 cm³/mol. The third-order valence-corrected chi connectivity index (χ3v) is 6.00. The summed E-state index contributed by atoms with van der Waals surface area (Å²) in [6.45, 7) is 9.37. The molecule has 0 saturated carbocycles. The number of hydrogen-bond acceptors (Lipinski definition) is 3. The van der Waals surface area contributed by atoms with Gasteiger partial charge >= 0.3 is 0 Å². The molecule has 0 amide bonds. The summed E-state index contributed by atoms with van der Waals surface area (Å²) in [5, 5.41) is 0. The zero-order chi connectivity index (χ0) is 24.3. The number of ether oxygens (including phenoxy) is 2. The Hall–Kier alpha value is -0.640. The molecule has 0 radical (unpaired) electrons. The highest BCUT2D eigenvalue weighted by atomic mass is 16.5. The molecule has 0 saturated heterocycles. The van der Waals surface area contributed by atoms with Gasteiger partial charge in [-0.2, -0.15) is 0 Å². The van der Waals surface area contributed by atoms with Crippen LogP contribution in [0.15, 0.2) is 24.3 Å². The molecule has 3 heteroatoms. The second kappa shape index (κ2) is 26.0. The second-order valence-corrected chi connectivity index (χ2v) is 10.1. The van der Waals surface area contributed by atoms with Crippen molar-refractivity contribution in [3.05, 3.63) is 24.3 Å². The van der Waals surface area contributed by atoms with Gasteiger partial charge in [0.25, 0.3) is 0 Å². The van der Waals surface area contributed by atoms with Gasteiger partial charge < -0.3 is 15.2 Å². The fourth-order valence-electron chi connectivity index (χ4n) is 3.83. The van der Waals surface area contributed by atoms with E-state index in [1.165, 1.54) is 96.3 Å². The van der Waals surface area contributed by atoms with Crippen LogP contribution >= 0.6 is 0 Å². The van der Waals surface area contributed by atoms with E-state index in [2.05, 4.69) is 38.2 Å². The van der Waals surface area contributed by atoms with Crippen molar-refractivity contribution in [3.63, 3.8) is 0 Å². The van der Waals surface area contributed by atoms with Gasteiger partial charge in [-0.3, -0.25) is 0 Å². The SMILES string of the molecule is CCCCC/C=C\C/C=C\CCCCCCCCOCC(C)(N)COCCCCCCCC. The molecule has 0 bridgehead atoms. The van der Waals surface area contributed by atoms with Crippen molar-refractivity contribution >= 4 is 0 Å². The smallest absolute Gasteiger partial charge is 0.0666 e. The maximum atomic E-state index is 6.31. The molecule has 0 fully saturated rings. The lowest BCUT2D eigenvalue weighted by molar-refractivity contribution is 0.0277. The summed E-state index contributed by atoms with van der Waals surface area (Å²) >= 11 is 0. The number of allylic oxidation sites excluding steroid dienone is 4. The van der Waals surface area contributed by atoms with Gasteiger partial charge in [0.1, 0.15) is 0 Å². The average Bonchev–Trinajstić information content (AvgIpc) is 2.80. The standard InChI is InChI=1S/C30H59NO2/c1-4-6-8-10-12-13-14-15-16-17-18-19-20-21-23-25-27-33-29-30(3,31)28-32-26-24-22-11-9-7-5-2/h12-13,15-16H,4-11,14,17-29,31H2,1-3H3/b13-12-,16-15-. The van der Waals surface area contributed by atoms with Crippen molar-refractivity contribution in [2.75, 3.05) is 26.4 Å². The quantitative estimate of drug-likeness (QED) is 0.102. The highest BCUT2D eigenvalue weighted by Crippen LogP contribution is 2.10. The lowest BCUT2D eigenvalue weighted by Gasteiger charge is -2.24. The zero-order valence-electron chi connectivity index (χ0n) is 22.8. The minimum absolute atomic E-state index is 0.374. The van der Waals surface area contributed by atoms with Gasteiger partial charge in [0.05, 0.1) is 18.8 Å². The van der Waals surface area contributed by atoms with Crippen molar-refractivity contribution < 1.29 is 9.47 Å². The summed E-state index contributed by atoms with van der Waals surface area (Å²) < 4.78 is 11.6. The molecule has 196 valence electrons. The normalized spacial score (nSPS) is 13.9. The van der Waals surface area contributed by atoms with Crippen LogP contribution in [0.3, 0.4) is 0 Å². The Morgan fingerprint density at radius 3 is 1.45 bits per heavy atom. The Labute approximate surface area is 208 Å². The van der Waals surface area contributed by atoms with Gasteiger partial charge in [-0.1, -0.05) is 109 Å². The molecule has 33 heavy (non-hydrogen) atoms. The van der Waals surface area contributed by atoms with E-state index in [1.54, 1.807) is 0 Å². The van der Waals surface area contributed by atoms with Crippen LogP contribution in [0.1, 0.15) is 136 Å². The Bertz CT molecular complexity index is 431. The molecule has 0 aromatic carbocycles. The van der Waals surface area contributed by atoms with E-state index in [0.717, 1.165) is 32.5 Å².